The topological polar surface area (TPSA) is 84.5 Å². The molecule has 1 amide bonds. The molecule has 2 N–H and O–H groups in total. The number of rotatable bonds is 9. The predicted molar refractivity (Wildman–Crippen MR) is 131 cm³/mol. The monoisotopic (exact) mass is 486 g/mol. The molecule has 0 saturated heterocycles. The van der Waals surface area contributed by atoms with Gasteiger partial charge in [-0.1, -0.05) is 67.9 Å². The molecule has 3 aromatic rings. The summed E-state index contributed by atoms with van der Waals surface area (Å²) in [6, 6.07) is 19.8. The highest BCUT2D eigenvalue weighted by molar-refractivity contribution is 7.89. The second kappa shape index (κ2) is 10.8. The molecule has 1 atom stereocenters. The zero-order valence-corrected chi connectivity index (χ0v) is 20.3. The number of hydrogen-bond acceptors (Lipinski definition) is 4. The van der Waals surface area contributed by atoms with Gasteiger partial charge in [0.05, 0.1) is 17.0 Å². The van der Waals surface area contributed by atoms with E-state index >= 15 is 0 Å². The van der Waals surface area contributed by atoms with Crippen LogP contribution in [0.1, 0.15) is 30.9 Å². The standard InChI is InChI=1S/C25H27ClN2O4S/c1-17(2)19-9-11-20(12-10-19)27-25(29)23(15-18-7-5-4-6-8-18)28-33(30,31)21-13-14-24(32-3)22(26)16-21/h4-14,16-17,23,28H,15H2,1-3H3,(H,27,29)/t23-/m0/s1. The summed E-state index contributed by atoms with van der Waals surface area (Å²) >= 11 is 6.11. The molecule has 0 fully saturated rings. The summed E-state index contributed by atoms with van der Waals surface area (Å²) in [5, 5.41) is 2.98. The number of sulfonamides is 1. The third-order valence-electron chi connectivity index (χ3n) is 5.17. The van der Waals surface area contributed by atoms with Crippen LogP contribution in [0.4, 0.5) is 5.69 Å². The summed E-state index contributed by atoms with van der Waals surface area (Å²) in [6.45, 7) is 4.17. The Hall–Kier alpha value is -2.87. The lowest BCUT2D eigenvalue weighted by Gasteiger charge is -2.19. The Morgan fingerprint density at radius 3 is 2.24 bits per heavy atom. The molecule has 0 unspecified atom stereocenters. The molecule has 0 radical (unpaired) electrons. The largest absolute Gasteiger partial charge is 0.495 e. The Labute approximate surface area is 200 Å². The first-order valence-electron chi connectivity index (χ1n) is 10.5. The van der Waals surface area contributed by atoms with Crippen molar-refractivity contribution in [3.05, 3.63) is 88.9 Å². The van der Waals surface area contributed by atoms with Crippen molar-refractivity contribution in [2.45, 2.75) is 37.1 Å². The van der Waals surface area contributed by atoms with E-state index in [1.165, 1.54) is 25.3 Å². The van der Waals surface area contributed by atoms with E-state index in [2.05, 4.69) is 23.9 Å². The molecule has 0 aromatic heterocycles. The molecule has 8 heteroatoms. The van der Waals surface area contributed by atoms with Gasteiger partial charge in [0, 0.05) is 5.69 Å². The van der Waals surface area contributed by atoms with Gasteiger partial charge in [-0.25, -0.2) is 8.42 Å². The summed E-state index contributed by atoms with van der Waals surface area (Å²) in [7, 11) is -2.59. The fourth-order valence-corrected chi connectivity index (χ4v) is 4.83. The van der Waals surface area contributed by atoms with Gasteiger partial charge < -0.3 is 10.1 Å². The summed E-state index contributed by atoms with van der Waals surface area (Å²) in [5.41, 5.74) is 2.56. The van der Waals surface area contributed by atoms with E-state index in [0.717, 1.165) is 11.1 Å². The van der Waals surface area contributed by atoms with Crippen LogP contribution >= 0.6 is 11.6 Å². The van der Waals surface area contributed by atoms with Crippen LogP contribution in [-0.4, -0.2) is 27.5 Å². The van der Waals surface area contributed by atoms with Gasteiger partial charge in [-0.15, -0.1) is 0 Å². The minimum Gasteiger partial charge on any atom is -0.495 e. The summed E-state index contributed by atoms with van der Waals surface area (Å²) in [4.78, 5) is 13.1. The molecule has 6 nitrogen and oxygen atoms in total. The molecule has 0 saturated carbocycles. The number of carbonyl (C=O) groups excluding carboxylic acids is 1. The van der Waals surface area contributed by atoms with E-state index in [1.54, 1.807) is 0 Å². The highest BCUT2D eigenvalue weighted by atomic mass is 35.5. The number of benzene rings is 3. The predicted octanol–water partition coefficient (Wildman–Crippen LogP) is 5.00. The van der Waals surface area contributed by atoms with Gasteiger partial charge >= 0.3 is 0 Å². The highest BCUT2D eigenvalue weighted by Gasteiger charge is 2.27. The second-order valence-corrected chi connectivity index (χ2v) is 10.0. The number of amides is 1. The molecular formula is C25H27ClN2O4S. The molecular weight excluding hydrogens is 460 g/mol. The van der Waals surface area contributed by atoms with Crippen LogP contribution in [0.2, 0.25) is 5.02 Å². The van der Waals surface area contributed by atoms with Crippen LogP contribution < -0.4 is 14.8 Å². The van der Waals surface area contributed by atoms with Crippen molar-refractivity contribution < 1.29 is 17.9 Å². The number of ether oxygens (including phenoxy) is 1. The Bertz CT molecular complexity index is 1200. The number of anilines is 1. The maximum Gasteiger partial charge on any atom is 0.242 e. The molecule has 0 aliphatic carbocycles. The quantitative estimate of drug-likeness (QED) is 0.445. The Balaban J connectivity index is 1.85. The van der Waals surface area contributed by atoms with Crippen molar-refractivity contribution in [2.75, 3.05) is 12.4 Å². The highest BCUT2D eigenvalue weighted by Crippen LogP contribution is 2.27. The molecule has 0 aliphatic rings. The normalized spacial score (nSPS) is 12.4. The van der Waals surface area contributed by atoms with E-state index in [4.69, 9.17) is 16.3 Å². The number of hydrogen-bond donors (Lipinski definition) is 2. The Kier molecular flexibility index (Phi) is 8.13. The third kappa shape index (κ3) is 6.57. The fourth-order valence-electron chi connectivity index (χ4n) is 3.29. The lowest BCUT2D eigenvalue weighted by Crippen LogP contribution is -2.45. The summed E-state index contributed by atoms with van der Waals surface area (Å²) in [6.07, 6.45) is 0.180. The number of methoxy groups -OCH3 is 1. The van der Waals surface area contributed by atoms with Crippen LogP contribution in [0.3, 0.4) is 0 Å². The van der Waals surface area contributed by atoms with E-state index in [0.29, 0.717) is 17.4 Å². The van der Waals surface area contributed by atoms with Crippen LogP contribution in [0.15, 0.2) is 77.7 Å². The zero-order valence-electron chi connectivity index (χ0n) is 18.7. The number of carbonyl (C=O) groups is 1. The summed E-state index contributed by atoms with van der Waals surface area (Å²) in [5.74, 6) is 0.266. The van der Waals surface area contributed by atoms with Gasteiger partial charge in [0.15, 0.2) is 0 Å². The fraction of sp³-hybridized carbons (Fsp3) is 0.240. The molecule has 3 aromatic carbocycles. The number of halogens is 1. The lowest BCUT2D eigenvalue weighted by molar-refractivity contribution is -0.117. The average Bonchev–Trinajstić information content (AvgIpc) is 2.79. The minimum atomic E-state index is -4.03. The molecule has 0 aliphatic heterocycles. The molecule has 0 heterocycles. The zero-order chi connectivity index (χ0) is 24.0. The maximum absolute atomic E-state index is 13.1. The number of nitrogens with one attached hydrogen (secondary N) is 2. The van der Waals surface area contributed by atoms with Crippen LogP contribution in [0.25, 0.3) is 0 Å². The van der Waals surface area contributed by atoms with Gasteiger partial charge in [0.25, 0.3) is 0 Å². The van der Waals surface area contributed by atoms with E-state index in [1.807, 2.05) is 54.6 Å². The van der Waals surface area contributed by atoms with Gasteiger partial charge in [0.1, 0.15) is 11.8 Å². The first kappa shape index (κ1) is 24.8. The maximum atomic E-state index is 13.1. The van der Waals surface area contributed by atoms with Crippen LogP contribution in [0.5, 0.6) is 5.75 Å². The van der Waals surface area contributed by atoms with Crippen molar-refractivity contribution in [2.24, 2.45) is 0 Å². The Morgan fingerprint density at radius 2 is 1.67 bits per heavy atom. The minimum absolute atomic E-state index is 0.0551. The van der Waals surface area contributed by atoms with Gasteiger partial charge in [-0.2, -0.15) is 4.72 Å². The molecule has 3 rings (SSSR count). The van der Waals surface area contributed by atoms with Gasteiger partial charge in [-0.3, -0.25) is 4.79 Å². The van der Waals surface area contributed by atoms with E-state index < -0.39 is 22.0 Å². The first-order chi connectivity index (χ1) is 15.7. The van der Waals surface area contributed by atoms with Crippen LogP contribution in [0, 0.1) is 0 Å². The average molecular weight is 487 g/mol. The van der Waals surface area contributed by atoms with Crippen molar-refractivity contribution in [3.8, 4) is 5.75 Å². The summed E-state index contributed by atoms with van der Waals surface area (Å²) < 4.78 is 33.8. The van der Waals surface area contributed by atoms with E-state index in [9.17, 15) is 13.2 Å². The second-order valence-electron chi connectivity index (χ2n) is 7.93. The first-order valence-corrected chi connectivity index (χ1v) is 12.4. The van der Waals surface area contributed by atoms with Crippen molar-refractivity contribution in [1.82, 2.24) is 4.72 Å². The third-order valence-corrected chi connectivity index (χ3v) is 6.94. The SMILES string of the molecule is COc1ccc(S(=O)(=O)N[C@@H](Cc2ccccc2)C(=O)Nc2ccc(C(C)C)cc2)cc1Cl. The lowest BCUT2D eigenvalue weighted by atomic mass is 10.0. The molecule has 33 heavy (non-hydrogen) atoms. The van der Waals surface area contributed by atoms with Gasteiger partial charge in [-0.05, 0) is 53.8 Å². The molecule has 174 valence electrons. The van der Waals surface area contributed by atoms with Crippen molar-refractivity contribution >= 4 is 33.2 Å². The Morgan fingerprint density at radius 1 is 1.00 bits per heavy atom. The van der Waals surface area contributed by atoms with Crippen molar-refractivity contribution in [1.29, 1.82) is 0 Å². The smallest absolute Gasteiger partial charge is 0.242 e. The van der Waals surface area contributed by atoms with Crippen molar-refractivity contribution in [3.63, 3.8) is 0 Å². The molecule has 0 bridgehead atoms. The van der Waals surface area contributed by atoms with E-state index in [-0.39, 0.29) is 16.3 Å². The molecule has 0 spiro atoms. The van der Waals surface area contributed by atoms with Gasteiger partial charge in [0.2, 0.25) is 15.9 Å². The van der Waals surface area contributed by atoms with Crippen LogP contribution in [-0.2, 0) is 21.2 Å².